The molecule has 206 valence electrons. The molecule has 8 nitrogen and oxygen atoms in total. The number of nitrogens with two attached hydrogens (primary N) is 1. The minimum Gasteiger partial charge on any atom is -0.508 e. The predicted molar refractivity (Wildman–Crippen MR) is 143 cm³/mol. The van der Waals surface area contributed by atoms with E-state index in [9.17, 15) is 29.7 Å². The van der Waals surface area contributed by atoms with E-state index in [-0.39, 0.29) is 34.6 Å². The summed E-state index contributed by atoms with van der Waals surface area (Å²) in [7, 11) is 0. The van der Waals surface area contributed by atoms with Crippen LogP contribution in [0.4, 0.5) is 0 Å². The first-order valence-electron chi connectivity index (χ1n) is 13.6. The highest BCUT2D eigenvalue weighted by Gasteiger charge is 2.56. The molecule has 5 N–H and O–H groups in total. The van der Waals surface area contributed by atoms with Crippen LogP contribution in [0.15, 0.2) is 42.5 Å². The fourth-order valence-electron chi connectivity index (χ4n) is 7.53. The van der Waals surface area contributed by atoms with Gasteiger partial charge in [0.15, 0.2) is 5.78 Å². The lowest BCUT2D eigenvalue weighted by molar-refractivity contribution is -0.151. The Morgan fingerprint density at radius 3 is 2.56 bits per heavy atom. The van der Waals surface area contributed by atoms with Crippen LogP contribution in [-0.4, -0.2) is 39.1 Å². The molecule has 0 bridgehead atoms. The minimum absolute atomic E-state index is 0.117. The van der Waals surface area contributed by atoms with Gasteiger partial charge < -0.3 is 25.8 Å². The monoisotopic (exact) mass is 533 g/mol. The van der Waals surface area contributed by atoms with Gasteiger partial charge >= 0.3 is 5.97 Å². The van der Waals surface area contributed by atoms with Gasteiger partial charge in [0, 0.05) is 23.5 Å². The van der Waals surface area contributed by atoms with Crippen molar-refractivity contribution in [1.82, 2.24) is 0 Å². The van der Waals surface area contributed by atoms with Crippen molar-refractivity contribution in [3.05, 3.63) is 70.3 Å². The first-order valence-corrected chi connectivity index (χ1v) is 13.6. The Bertz CT molecular complexity index is 1350. The van der Waals surface area contributed by atoms with E-state index in [0.717, 1.165) is 50.7 Å². The molecule has 0 aliphatic heterocycles. The molecule has 1 amide bonds. The van der Waals surface area contributed by atoms with Crippen molar-refractivity contribution >= 4 is 17.7 Å². The Labute approximate surface area is 227 Å². The highest BCUT2D eigenvalue weighted by atomic mass is 16.5. The molecule has 2 fully saturated rings. The maximum atomic E-state index is 12.7. The van der Waals surface area contributed by atoms with Crippen molar-refractivity contribution in [2.45, 2.75) is 70.5 Å². The molecule has 0 heterocycles. The van der Waals surface area contributed by atoms with E-state index in [1.807, 2.05) is 6.07 Å². The van der Waals surface area contributed by atoms with Gasteiger partial charge in [-0.2, -0.15) is 0 Å². The second-order valence-corrected chi connectivity index (χ2v) is 11.5. The number of ketones is 1. The number of esters is 1. The number of fused-ring (bicyclic) bond motifs is 5. The number of amides is 1. The summed E-state index contributed by atoms with van der Waals surface area (Å²) in [6.07, 6.45) is 7.57. The first-order chi connectivity index (χ1) is 18.6. The molecule has 2 aromatic carbocycles. The molecule has 39 heavy (non-hydrogen) atoms. The summed E-state index contributed by atoms with van der Waals surface area (Å²) in [6.45, 7) is 1.75. The molecule has 5 rings (SSSR count). The normalized spacial score (nSPS) is 27.4. The van der Waals surface area contributed by atoms with Crippen molar-refractivity contribution in [2.75, 3.05) is 0 Å². The van der Waals surface area contributed by atoms with Crippen molar-refractivity contribution in [2.24, 2.45) is 23.0 Å². The number of primary amides is 1. The minimum atomic E-state index is -0.904. The van der Waals surface area contributed by atoms with Crippen LogP contribution >= 0.6 is 0 Å². The maximum absolute atomic E-state index is 12.7. The quantitative estimate of drug-likeness (QED) is 0.312. The molecule has 2 saturated carbocycles. The number of aromatic hydroxyl groups is 2. The molecule has 5 atom stereocenters. The number of benzene rings is 2. The number of hydrogen-bond donors (Lipinski definition) is 4. The lowest BCUT2D eigenvalue weighted by Crippen LogP contribution is -2.45. The second-order valence-electron chi connectivity index (χ2n) is 11.5. The van der Waals surface area contributed by atoms with E-state index in [0.29, 0.717) is 23.5 Å². The van der Waals surface area contributed by atoms with E-state index in [1.165, 1.54) is 23.3 Å². The van der Waals surface area contributed by atoms with Gasteiger partial charge in [-0.05, 0) is 91.2 Å². The predicted octanol–water partition coefficient (Wildman–Crippen LogP) is 3.82. The van der Waals surface area contributed by atoms with Crippen molar-refractivity contribution in [1.29, 1.82) is 0 Å². The summed E-state index contributed by atoms with van der Waals surface area (Å²) >= 11 is 0. The molecule has 0 spiro atoms. The fraction of sp³-hybridized carbons (Fsp3) is 0.452. The van der Waals surface area contributed by atoms with Gasteiger partial charge in [-0.25, -0.2) is 4.79 Å². The molecule has 0 saturated heterocycles. The molecule has 5 unspecified atom stereocenters. The van der Waals surface area contributed by atoms with E-state index >= 15 is 0 Å². The lowest BCUT2D eigenvalue weighted by atomic mass is 9.55. The first kappa shape index (κ1) is 26.9. The smallest absolute Gasteiger partial charge is 0.331 e. The molecule has 3 aliphatic carbocycles. The standard InChI is InChI=1S/C31H35NO7/c1-31-13-12-23-22-8-5-20(34)14-17(22)4-7-24(23)25(31)9-10-26(31)39-27(36)11-6-21(35)15-18-2-3-19(16-33)28(29(18)37)30(32)38/h2-3,5-6,8,11,14,23-26,33-34,37H,4,7,9-10,12-13,15-16H2,1H3,(H2,32,38)/b11-6+. The average molecular weight is 534 g/mol. The van der Waals surface area contributed by atoms with Crippen molar-refractivity contribution in [3.63, 3.8) is 0 Å². The van der Waals surface area contributed by atoms with Crippen molar-refractivity contribution in [3.8, 4) is 11.5 Å². The second kappa shape index (κ2) is 10.5. The Kier molecular flexibility index (Phi) is 7.25. The molecular weight excluding hydrogens is 498 g/mol. The van der Waals surface area contributed by atoms with Crippen LogP contribution < -0.4 is 5.73 Å². The number of phenols is 2. The molecule has 0 aromatic heterocycles. The third-order valence-electron chi connectivity index (χ3n) is 9.42. The van der Waals surface area contributed by atoms with Crippen LogP contribution in [0.2, 0.25) is 0 Å². The van der Waals surface area contributed by atoms with Crippen LogP contribution in [0.1, 0.15) is 77.6 Å². The molecule has 2 aromatic rings. The Hall–Kier alpha value is -3.65. The number of aliphatic hydroxyl groups excluding tert-OH is 1. The van der Waals surface area contributed by atoms with E-state index in [2.05, 4.69) is 13.0 Å². The number of carbonyl (C=O) groups is 3. The molecule has 3 aliphatic rings. The van der Waals surface area contributed by atoms with Crippen LogP contribution in [0.5, 0.6) is 11.5 Å². The molecular formula is C31H35NO7. The average Bonchev–Trinajstić information content (AvgIpc) is 3.23. The van der Waals surface area contributed by atoms with Gasteiger partial charge in [-0.1, -0.05) is 25.1 Å². The van der Waals surface area contributed by atoms with Crippen LogP contribution in [0.25, 0.3) is 0 Å². The number of ether oxygens (including phenoxy) is 1. The molecule has 0 radical (unpaired) electrons. The fourth-order valence-corrected chi connectivity index (χ4v) is 7.53. The number of allylic oxidation sites excluding steroid dienone is 1. The van der Waals surface area contributed by atoms with E-state index in [4.69, 9.17) is 10.5 Å². The van der Waals surface area contributed by atoms with Gasteiger partial charge in [-0.3, -0.25) is 9.59 Å². The summed E-state index contributed by atoms with van der Waals surface area (Å²) in [4.78, 5) is 36.9. The third kappa shape index (κ3) is 4.93. The zero-order valence-corrected chi connectivity index (χ0v) is 22.1. The van der Waals surface area contributed by atoms with Gasteiger partial charge in [0.05, 0.1) is 12.2 Å². The highest BCUT2D eigenvalue weighted by Crippen LogP contribution is 2.61. The summed E-state index contributed by atoms with van der Waals surface area (Å²) in [6, 6.07) is 8.63. The Balaban J connectivity index is 1.22. The lowest BCUT2D eigenvalue weighted by Gasteiger charge is -2.50. The van der Waals surface area contributed by atoms with Crippen LogP contribution in [-0.2, 0) is 33.8 Å². The van der Waals surface area contributed by atoms with E-state index in [1.54, 1.807) is 6.07 Å². The van der Waals surface area contributed by atoms with Gasteiger partial charge in [0.2, 0.25) is 0 Å². The largest absolute Gasteiger partial charge is 0.508 e. The third-order valence-corrected chi connectivity index (χ3v) is 9.42. The number of aryl methyl sites for hydroxylation is 1. The summed E-state index contributed by atoms with van der Waals surface area (Å²) in [5.41, 5.74) is 7.92. The van der Waals surface area contributed by atoms with Gasteiger partial charge in [0.25, 0.3) is 5.91 Å². The summed E-state index contributed by atoms with van der Waals surface area (Å²) < 4.78 is 5.90. The number of aliphatic hydroxyl groups is 1. The van der Waals surface area contributed by atoms with Crippen LogP contribution in [0, 0.1) is 17.3 Å². The number of hydrogen-bond acceptors (Lipinski definition) is 7. The SMILES string of the molecule is CC12CCC3c4ccc(O)cc4CCC3C1CCC2OC(=O)/C=C/C(=O)Cc1ccc(CO)c(C(N)=O)c1O. The van der Waals surface area contributed by atoms with E-state index < -0.39 is 30.0 Å². The summed E-state index contributed by atoms with van der Waals surface area (Å²) in [5.74, 6) is -0.601. The number of phenolic OH excluding ortho intramolecular Hbond substituents is 1. The summed E-state index contributed by atoms with van der Waals surface area (Å²) in [5, 5.41) is 29.6. The van der Waals surface area contributed by atoms with Gasteiger partial charge in [0.1, 0.15) is 17.6 Å². The number of rotatable bonds is 7. The zero-order chi connectivity index (χ0) is 27.9. The van der Waals surface area contributed by atoms with Gasteiger partial charge in [-0.15, -0.1) is 0 Å². The highest BCUT2D eigenvalue weighted by molar-refractivity contribution is 6.00. The maximum Gasteiger partial charge on any atom is 0.331 e. The van der Waals surface area contributed by atoms with Crippen molar-refractivity contribution < 1.29 is 34.4 Å². The molecule has 8 heteroatoms. The Morgan fingerprint density at radius 2 is 1.82 bits per heavy atom. The topological polar surface area (TPSA) is 147 Å². The van der Waals surface area contributed by atoms with Crippen LogP contribution in [0.3, 0.4) is 0 Å². The number of carbonyl (C=O) groups excluding carboxylic acids is 3. The Morgan fingerprint density at radius 1 is 1.05 bits per heavy atom. The zero-order valence-electron chi connectivity index (χ0n) is 22.1.